The molecule has 2 aromatic heterocycles. The van der Waals surface area contributed by atoms with Gasteiger partial charge in [0, 0.05) is 29.8 Å². The first-order valence-electron chi connectivity index (χ1n) is 8.88. The molecule has 0 bridgehead atoms. The Kier molecular flexibility index (Phi) is 6.81. The van der Waals surface area contributed by atoms with Crippen molar-refractivity contribution in [3.8, 4) is 28.8 Å². The summed E-state index contributed by atoms with van der Waals surface area (Å²) in [6, 6.07) is 11.4. The number of benzene rings is 1. The fourth-order valence-corrected chi connectivity index (χ4v) is 2.85. The van der Waals surface area contributed by atoms with Crippen LogP contribution in [0.1, 0.15) is 23.6 Å². The lowest BCUT2D eigenvalue weighted by Gasteiger charge is -2.20. The van der Waals surface area contributed by atoms with Crippen molar-refractivity contribution in [1.82, 2.24) is 10.1 Å². The zero-order valence-electron chi connectivity index (χ0n) is 15.8. The van der Waals surface area contributed by atoms with Crippen molar-refractivity contribution in [1.29, 1.82) is 5.26 Å². The molecule has 0 unspecified atom stereocenters. The zero-order valence-corrected chi connectivity index (χ0v) is 15.8. The molecule has 160 valence electrons. The number of hydrogen-bond donors (Lipinski definition) is 1. The second-order valence-corrected chi connectivity index (χ2v) is 6.22. The second kappa shape index (κ2) is 9.71. The van der Waals surface area contributed by atoms with Gasteiger partial charge in [-0.2, -0.15) is 18.4 Å². The van der Waals surface area contributed by atoms with Crippen LogP contribution in [0.2, 0.25) is 0 Å². The summed E-state index contributed by atoms with van der Waals surface area (Å²) in [6.07, 6.45) is 2.01. The number of amidine groups is 1. The Morgan fingerprint density at radius 3 is 2.55 bits per heavy atom. The summed E-state index contributed by atoms with van der Waals surface area (Å²) in [6.45, 7) is -3.28. The molecular formula is C20H15F4N5O2. The number of pyridine rings is 1. The van der Waals surface area contributed by atoms with E-state index in [0.29, 0.717) is 46.9 Å². The predicted octanol–water partition coefficient (Wildman–Crippen LogP) is 4.37. The van der Waals surface area contributed by atoms with E-state index in [1.807, 2.05) is 6.07 Å². The predicted molar refractivity (Wildman–Crippen MR) is 102 cm³/mol. The van der Waals surface area contributed by atoms with Gasteiger partial charge in [0.05, 0.1) is 23.9 Å². The summed E-state index contributed by atoms with van der Waals surface area (Å²) < 4.78 is 53.8. The molecule has 1 aliphatic rings. The van der Waals surface area contributed by atoms with Gasteiger partial charge in [-0.3, -0.25) is 4.98 Å². The number of halogens is 4. The topological polar surface area (TPSA) is 110 Å². The van der Waals surface area contributed by atoms with Crippen LogP contribution in [0, 0.1) is 17.1 Å². The first-order valence-corrected chi connectivity index (χ1v) is 8.88. The number of aliphatic imine (C=N–C) groups is 1. The van der Waals surface area contributed by atoms with Crippen molar-refractivity contribution in [3.63, 3.8) is 0 Å². The first kappa shape index (κ1) is 21.8. The van der Waals surface area contributed by atoms with Crippen LogP contribution in [-0.2, 0) is 4.74 Å². The van der Waals surface area contributed by atoms with Gasteiger partial charge in [-0.1, -0.05) is 5.16 Å². The molecule has 3 heterocycles. The van der Waals surface area contributed by atoms with Gasteiger partial charge in [0.1, 0.15) is 17.6 Å². The lowest BCUT2D eigenvalue weighted by molar-refractivity contribution is 0.00819. The van der Waals surface area contributed by atoms with Crippen LogP contribution in [0.3, 0.4) is 0 Å². The SMILES string of the molecule is FC(F)F.N#Cc1ccc(-c2cc(-c3ccc(F)c([C@@H]4CCOC(N)=N4)c3)on2)nc1. The van der Waals surface area contributed by atoms with E-state index < -0.39 is 12.7 Å². The first-order chi connectivity index (χ1) is 14.9. The molecule has 0 fully saturated rings. The molecule has 0 amide bonds. The van der Waals surface area contributed by atoms with Crippen LogP contribution in [0.4, 0.5) is 17.6 Å². The normalized spacial score (nSPS) is 15.4. The van der Waals surface area contributed by atoms with Crippen LogP contribution >= 0.6 is 0 Å². The third-order valence-corrected chi connectivity index (χ3v) is 4.23. The minimum atomic E-state index is -3.67. The summed E-state index contributed by atoms with van der Waals surface area (Å²) >= 11 is 0. The van der Waals surface area contributed by atoms with Crippen LogP contribution < -0.4 is 5.73 Å². The van der Waals surface area contributed by atoms with E-state index in [1.54, 1.807) is 30.3 Å². The Bertz CT molecular complexity index is 1110. The number of rotatable bonds is 3. The number of nitriles is 1. The molecule has 3 aromatic rings. The highest BCUT2D eigenvalue weighted by Gasteiger charge is 2.21. The Hall–Kier alpha value is -3.94. The Morgan fingerprint density at radius 2 is 1.90 bits per heavy atom. The Morgan fingerprint density at radius 1 is 1.13 bits per heavy atom. The largest absolute Gasteiger partial charge is 0.465 e. The summed E-state index contributed by atoms with van der Waals surface area (Å²) in [5.74, 6) is 0.108. The molecule has 1 aliphatic heterocycles. The second-order valence-electron chi connectivity index (χ2n) is 6.22. The minimum Gasteiger partial charge on any atom is -0.465 e. The standard InChI is InChI=1S/C19H14FN5O2.CHF3/c20-14-3-2-12(7-13(14)15-5-6-26-19(22)24-15)18-8-17(25-27-18)16-4-1-11(9-21)10-23-16;2-1(3)4/h1-4,7-8,10,15H,5-6H2,(H2,22,24);1H/t15-;/m0./s1. The average molecular weight is 433 g/mol. The molecule has 4 rings (SSSR count). The van der Waals surface area contributed by atoms with Crippen molar-refractivity contribution >= 4 is 6.02 Å². The number of aromatic nitrogens is 2. The number of hydrogen-bond acceptors (Lipinski definition) is 7. The van der Waals surface area contributed by atoms with Crippen LogP contribution in [0.25, 0.3) is 22.7 Å². The summed E-state index contributed by atoms with van der Waals surface area (Å²) in [7, 11) is 0. The maximum atomic E-state index is 14.3. The quantitative estimate of drug-likeness (QED) is 0.614. The number of nitrogens with zero attached hydrogens (tertiary/aromatic N) is 4. The molecule has 11 heteroatoms. The van der Waals surface area contributed by atoms with E-state index in [-0.39, 0.29) is 11.8 Å². The molecular weight excluding hydrogens is 418 g/mol. The summed E-state index contributed by atoms with van der Waals surface area (Å²) in [5.41, 5.74) is 8.25. The highest BCUT2D eigenvalue weighted by Crippen LogP contribution is 2.32. The van der Waals surface area contributed by atoms with Gasteiger partial charge in [-0.15, -0.1) is 0 Å². The lowest BCUT2D eigenvalue weighted by Crippen LogP contribution is -2.24. The highest BCUT2D eigenvalue weighted by atomic mass is 19.4. The van der Waals surface area contributed by atoms with E-state index in [0.717, 1.165) is 0 Å². The van der Waals surface area contributed by atoms with Crippen molar-refractivity contribution in [2.75, 3.05) is 6.61 Å². The van der Waals surface area contributed by atoms with Crippen molar-refractivity contribution in [2.24, 2.45) is 10.7 Å². The number of nitrogens with two attached hydrogens (primary N) is 1. The molecule has 0 spiro atoms. The van der Waals surface area contributed by atoms with E-state index in [4.69, 9.17) is 20.3 Å². The molecule has 7 nitrogen and oxygen atoms in total. The molecule has 31 heavy (non-hydrogen) atoms. The van der Waals surface area contributed by atoms with Gasteiger partial charge in [0.15, 0.2) is 5.76 Å². The van der Waals surface area contributed by atoms with Gasteiger partial charge >= 0.3 is 6.68 Å². The van der Waals surface area contributed by atoms with Crippen LogP contribution in [-0.4, -0.2) is 29.4 Å². The third kappa shape index (κ3) is 5.57. The third-order valence-electron chi connectivity index (χ3n) is 4.23. The van der Waals surface area contributed by atoms with Gasteiger partial charge in [-0.25, -0.2) is 9.38 Å². The van der Waals surface area contributed by atoms with E-state index in [9.17, 15) is 17.6 Å². The molecule has 1 aromatic carbocycles. The molecule has 0 saturated heterocycles. The Labute approximate surface area is 173 Å². The summed E-state index contributed by atoms with van der Waals surface area (Å²) in [4.78, 5) is 8.36. The van der Waals surface area contributed by atoms with Gasteiger partial charge in [0.25, 0.3) is 6.02 Å². The van der Waals surface area contributed by atoms with Crippen LogP contribution in [0.5, 0.6) is 0 Å². The van der Waals surface area contributed by atoms with Gasteiger partial charge < -0.3 is 15.0 Å². The molecule has 0 aliphatic carbocycles. The van der Waals surface area contributed by atoms with Crippen molar-refractivity contribution in [2.45, 2.75) is 19.1 Å². The van der Waals surface area contributed by atoms with E-state index in [1.165, 1.54) is 12.3 Å². The maximum absolute atomic E-state index is 14.3. The fraction of sp³-hybridized carbons (Fsp3) is 0.200. The molecule has 0 radical (unpaired) electrons. The van der Waals surface area contributed by atoms with E-state index in [2.05, 4.69) is 15.1 Å². The zero-order chi connectivity index (χ0) is 22.4. The molecule has 1 atom stereocenters. The van der Waals surface area contributed by atoms with Gasteiger partial charge in [-0.05, 0) is 30.3 Å². The van der Waals surface area contributed by atoms with Crippen LogP contribution in [0.15, 0.2) is 52.1 Å². The minimum absolute atomic E-state index is 0.0601. The van der Waals surface area contributed by atoms with Crippen molar-refractivity contribution < 1.29 is 26.8 Å². The number of ether oxygens (including phenoxy) is 1. The highest BCUT2D eigenvalue weighted by molar-refractivity contribution is 5.72. The average Bonchev–Trinajstić information content (AvgIpc) is 3.24. The Balaban J connectivity index is 0.000000628. The van der Waals surface area contributed by atoms with E-state index >= 15 is 0 Å². The smallest absolute Gasteiger partial charge is 0.379 e. The maximum Gasteiger partial charge on any atom is 0.379 e. The molecule has 2 N–H and O–H groups in total. The summed E-state index contributed by atoms with van der Waals surface area (Å²) in [5, 5.41) is 12.9. The lowest BCUT2D eigenvalue weighted by atomic mass is 9.99. The molecule has 0 saturated carbocycles. The number of alkyl halides is 3. The fourth-order valence-electron chi connectivity index (χ4n) is 2.85. The van der Waals surface area contributed by atoms with Gasteiger partial charge in [0.2, 0.25) is 0 Å². The monoisotopic (exact) mass is 433 g/mol. The van der Waals surface area contributed by atoms with Crippen molar-refractivity contribution in [3.05, 3.63) is 59.5 Å².